The smallest absolute Gasteiger partial charge is 0.157 e. The Morgan fingerprint density at radius 1 is 1.29 bits per heavy atom. The van der Waals surface area contributed by atoms with Crippen LogP contribution in [0.4, 0.5) is 10.1 Å². The van der Waals surface area contributed by atoms with E-state index in [1.54, 1.807) is 0 Å². The monoisotopic (exact) mass is 409 g/mol. The summed E-state index contributed by atoms with van der Waals surface area (Å²) in [5.74, 6) is 0.460. The molecule has 4 unspecified atom stereocenters. The molecule has 3 aliphatic rings. The number of ether oxygens (including phenoxy) is 1. The Morgan fingerprint density at radius 3 is 2.96 bits per heavy atom. The second kappa shape index (κ2) is 8.55. The van der Waals surface area contributed by atoms with Crippen molar-refractivity contribution in [1.82, 2.24) is 21.3 Å². The topological polar surface area (TPSA) is 69.4 Å². The first-order valence-electron chi connectivity index (χ1n) is 10.1. The molecule has 4 rings (SSSR count). The van der Waals surface area contributed by atoms with Crippen LogP contribution in [0, 0.1) is 5.82 Å². The van der Waals surface area contributed by atoms with Gasteiger partial charge in [-0.15, -0.1) is 11.6 Å². The summed E-state index contributed by atoms with van der Waals surface area (Å²) in [4.78, 5) is 0. The molecule has 0 spiro atoms. The maximum absolute atomic E-state index is 15.7. The molecule has 0 radical (unpaired) electrons. The van der Waals surface area contributed by atoms with E-state index in [4.69, 9.17) is 16.3 Å². The molecule has 8 heteroatoms. The number of hydrogen-bond acceptors (Lipinski definition) is 6. The minimum atomic E-state index is -0.296. The zero-order valence-electron chi connectivity index (χ0n) is 16.4. The van der Waals surface area contributed by atoms with E-state index in [0.717, 1.165) is 43.5 Å². The van der Waals surface area contributed by atoms with Gasteiger partial charge >= 0.3 is 0 Å². The fraction of sp³-hybridized carbons (Fsp3) is 0.600. The van der Waals surface area contributed by atoms with E-state index in [0.29, 0.717) is 23.6 Å². The number of nitrogens with one attached hydrogen (secondary N) is 5. The number of halogens is 2. The third-order valence-electron chi connectivity index (χ3n) is 5.71. The van der Waals surface area contributed by atoms with Crippen molar-refractivity contribution < 1.29 is 9.13 Å². The summed E-state index contributed by atoms with van der Waals surface area (Å²) in [5.41, 5.74) is 3.18. The van der Waals surface area contributed by atoms with Gasteiger partial charge in [0.25, 0.3) is 0 Å². The van der Waals surface area contributed by atoms with Crippen LogP contribution in [0.3, 0.4) is 0 Å². The molecular weight excluding hydrogens is 381 g/mol. The number of rotatable bonds is 4. The van der Waals surface area contributed by atoms with E-state index < -0.39 is 0 Å². The molecule has 6 nitrogen and oxygen atoms in total. The van der Waals surface area contributed by atoms with Crippen LogP contribution in [0.1, 0.15) is 30.9 Å². The first kappa shape index (κ1) is 19.9. The van der Waals surface area contributed by atoms with Crippen molar-refractivity contribution >= 4 is 22.9 Å². The number of hydrogen-bond donors (Lipinski definition) is 5. The zero-order chi connectivity index (χ0) is 19.7. The van der Waals surface area contributed by atoms with Gasteiger partial charge in [-0.05, 0) is 45.0 Å². The van der Waals surface area contributed by atoms with Crippen LogP contribution in [0.5, 0.6) is 5.75 Å². The molecule has 1 aromatic rings. The highest BCUT2D eigenvalue weighted by molar-refractivity contribution is 6.21. The molecule has 0 aliphatic carbocycles. The predicted octanol–water partition coefficient (Wildman–Crippen LogP) is 1.96. The molecule has 3 heterocycles. The van der Waals surface area contributed by atoms with Gasteiger partial charge in [-0.3, -0.25) is 10.6 Å². The maximum Gasteiger partial charge on any atom is 0.157 e. The second-order valence-electron chi connectivity index (χ2n) is 7.65. The van der Waals surface area contributed by atoms with Gasteiger partial charge in [-0.2, -0.15) is 0 Å². The highest BCUT2D eigenvalue weighted by Crippen LogP contribution is 2.41. The molecule has 3 aliphatic heterocycles. The number of allylic oxidation sites excluding steroid dienone is 1. The average molecular weight is 410 g/mol. The van der Waals surface area contributed by atoms with Crippen molar-refractivity contribution in [2.24, 2.45) is 0 Å². The molecule has 0 saturated carbocycles. The van der Waals surface area contributed by atoms with Crippen LogP contribution in [-0.4, -0.2) is 50.6 Å². The zero-order valence-corrected chi connectivity index (χ0v) is 17.1. The maximum atomic E-state index is 15.7. The summed E-state index contributed by atoms with van der Waals surface area (Å²) < 4.78 is 21.5. The van der Waals surface area contributed by atoms with Crippen LogP contribution in [0.25, 0.3) is 5.57 Å². The Balaban J connectivity index is 1.65. The van der Waals surface area contributed by atoms with Crippen LogP contribution in [0.15, 0.2) is 12.1 Å². The van der Waals surface area contributed by atoms with Gasteiger partial charge in [-0.25, -0.2) is 4.39 Å². The predicted molar refractivity (Wildman–Crippen MR) is 111 cm³/mol. The minimum absolute atomic E-state index is 0.0637. The van der Waals surface area contributed by atoms with Crippen molar-refractivity contribution in [2.75, 3.05) is 32.1 Å². The molecule has 5 N–H and O–H groups in total. The lowest BCUT2D eigenvalue weighted by atomic mass is 9.96. The third-order valence-corrected chi connectivity index (χ3v) is 6.34. The van der Waals surface area contributed by atoms with Gasteiger partial charge < -0.3 is 20.7 Å². The molecule has 0 aromatic heterocycles. The van der Waals surface area contributed by atoms with E-state index in [-0.39, 0.29) is 29.7 Å². The summed E-state index contributed by atoms with van der Waals surface area (Å²) >= 11 is 6.43. The number of benzene rings is 1. The van der Waals surface area contributed by atoms with Gasteiger partial charge in [0.15, 0.2) is 5.82 Å². The Hall–Kier alpha value is -1.38. The summed E-state index contributed by atoms with van der Waals surface area (Å²) in [7, 11) is 1.86. The Kier molecular flexibility index (Phi) is 6.08. The lowest BCUT2D eigenvalue weighted by Gasteiger charge is -2.40. The van der Waals surface area contributed by atoms with Crippen molar-refractivity contribution in [1.29, 1.82) is 0 Å². The fourth-order valence-corrected chi connectivity index (χ4v) is 4.45. The average Bonchev–Trinajstić information content (AvgIpc) is 2.97. The lowest BCUT2D eigenvalue weighted by molar-refractivity contribution is 0.254. The number of anilines is 1. The van der Waals surface area contributed by atoms with Gasteiger partial charge in [0, 0.05) is 24.6 Å². The van der Waals surface area contributed by atoms with Gasteiger partial charge in [0.2, 0.25) is 0 Å². The SMILES string of the molecule is CNC1NC(Nc2cc3c(c(C4=CCNCCC4)c2F)OCC3)NC(C)C1Cl. The second-order valence-corrected chi connectivity index (χ2v) is 8.15. The summed E-state index contributed by atoms with van der Waals surface area (Å²) in [6.45, 7) is 4.33. The van der Waals surface area contributed by atoms with E-state index in [1.165, 1.54) is 0 Å². The number of fused-ring (bicyclic) bond motifs is 1. The van der Waals surface area contributed by atoms with Gasteiger partial charge in [0.1, 0.15) is 12.0 Å². The Bertz CT molecular complexity index is 759. The molecule has 0 amide bonds. The first-order valence-corrected chi connectivity index (χ1v) is 10.5. The summed E-state index contributed by atoms with van der Waals surface area (Å²) in [5, 5.41) is 16.4. The summed E-state index contributed by atoms with van der Waals surface area (Å²) in [6.07, 6.45) is 4.35. The largest absolute Gasteiger partial charge is 0.492 e. The van der Waals surface area contributed by atoms with Crippen LogP contribution >= 0.6 is 11.6 Å². The van der Waals surface area contributed by atoms with Gasteiger partial charge in [-0.1, -0.05) is 6.08 Å². The highest BCUT2D eigenvalue weighted by atomic mass is 35.5. The van der Waals surface area contributed by atoms with Crippen molar-refractivity contribution in [3.63, 3.8) is 0 Å². The van der Waals surface area contributed by atoms with Crippen LogP contribution < -0.4 is 31.3 Å². The molecule has 154 valence electrons. The lowest BCUT2D eigenvalue weighted by Crippen LogP contribution is -2.69. The molecule has 1 fully saturated rings. The molecule has 1 aromatic carbocycles. The normalized spacial score (nSPS) is 30.2. The molecule has 4 atom stereocenters. The standard InChI is InChI=1S/C20H29ClFN5O/c1-11-16(21)19(23-2)27-20(25-11)26-14-10-13-6-9-28-18(13)15(17(14)22)12-4-3-7-24-8-5-12/h5,10-11,16,19-20,23-27H,3-4,6-9H2,1-2H3. The summed E-state index contributed by atoms with van der Waals surface area (Å²) in [6, 6.07) is 1.94. The minimum Gasteiger partial charge on any atom is -0.492 e. The molecule has 28 heavy (non-hydrogen) atoms. The van der Waals surface area contributed by atoms with Crippen LogP contribution in [-0.2, 0) is 6.42 Å². The Labute approximate surface area is 170 Å². The first-order chi connectivity index (χ1) is 13.6. The van der Waals surface area contributed by atoms with Crippen molar-refractivity contribution in [2.45, 2.75) is 50.1 Å². The van der Waals surface area contributed by atoms with E-state index in [1.807, 2.05) is 20.0 Å². The van der Waals surface area contributed by atoms with E-state index in [9.17, 15) is 0 Å². The van der Waals surface area contributed by atoms with Crippen molar-refractivity contribution in [3.8, 4) is 5.75 Å². The Morgan fingerprint density at radius 2 is 2.14 bits per heavy atom. The van der Waals surface area contributed by atoms with Gasteiger partial charge in [0.05, 0.1) is 29.4 Å². The highest BCUT2D eigenvalue weighted by Gasteiger charge is 2.33. The van der Waals surface area contributed by atoms with Crippen LogP contribution in [0.2, 0.25) is 0 Å². The third kappa shape index (κ3) is 3.86. The number of alkyl halides is 1. The van der Waals surface area contributed by atoms with E-state index in [2.05, 4.69) is 32.7 Å². The molecule has 1 saturated heterocycles. The quantitative estimate of drug-likeness (QED) is 0.490. The molecule has 0 bridgehead atoms. The van der Waals surface area contributed by atoms with Crippen molar-refractivity contribution in [3.05, 3.63) is 29.1 Å². The molecular formula is C20H29ClFN5O. The van der Waals surface area contributed by atoms with E-state index >= 15 is 4.39 Å². The fourth-order valence-electron chi connectivity index (χ4n) is 4.18.